The van der Waals surface area contributed by atoms with E-state index in [1.807, 2.05) is 31.2 Å². The zero-order valence-corrected chi connectivity index (χ0v) is 14.6. The lowest BCUT2D eigenvalue weighted by molar-refractivity contribution is 0.356. The molecule has 0 saturated carbocycles. The Balaban J connectivity index is 1.44. The van der Waals surface area contributed by atoms with Gasteiger partial charge in [0.1, 0.15) is 6.54 Å². The number of hydrogen-bond donors (Lipinski definition) is 0. The Morgan fingerprint density at radius 2 is 1.62 bits per heavy atom. The first-order valence-electron chi connectivity index (χ1n) is 8.37. The third-order valence-electron chi connectivity index (χ3n) is 4.03. The van der Waals surface area contributed by atoms with Gasteiger partial charge in [0.25, 0.3) is 5.89 Å². The van der Waals surface area contributed by atoms with Gasteiger partial charge in [-0.05, 0) is 24.6 Å². The van der Waals surface area contributed by atoms with E-state index in [1.54, 1.807) is 0 Å². The molecule has 0 unspecified atom stereocenters. The Labute approximate surface area is 150 Å². The summed E-state index contributed by atoms with van der Waals surface area (Å²) in [5.41, 5.74) is 4.48. The number of tetrazole rings is 1. The van der Waals surface area contributed by atoms with Crippen molar-refractivity contribution >= 4 is 0 Å². The number of aryl methyl sites for hydroxylation is 2. The monoisotopic (exact) mass is 346 g/mol. The minimum atomic E-state index is 0.291. The van der Waals surface area contributed by atoms with Crippen LogP contribution in [0.25, 0.3) is 11.4 Å². The van der Waals surface area contributed by atoms with Gasteiger partial charge in [0.15, 0.2) is 5.82 Å². The summed E-state index contributed by atoms with van der Waals surface area (Å²) in [6.45, 7) is 4.39. The number of benzene rings is 2. The summed E-state index contributed by atoms with van der Waals surface area (Å²) >= 11 is 0. The van der Waals surface area contributed by atoms with Gasteiger partial charge in [0, 0.05) is 12.0 Å². The second-order valence-electron chi connectivity index (χ2n) is 6.28. The largest absolute Gasteiger partial charge is 0.337 e. The molecule has 0 N–H and O–H groups in total. The molecule has 4 aromatic rings. The average Bonchev–Trinajstić information content (AvgIpc) is 3.28. The maximum atomic E-state index is 5.30. The van der Waals surface area contributed by atoms with E-state index in [4.69, 9.17) is 4.52 Å². The van der Waals surface area contributed by atoms with Crippen LogP contribution in [0.5, 0.6) is 0 Å². The molecule has 0 aliphatic carbocycles. The summed E-state index contributed by atoms with van der Waals surface area (Å²) in [6, 6.07) is 16.3. The lowest BCUT2D eigenvalue weighted by Gasteiger charge is -1.97. The highest BCUT2D eigenvalue weighted by Crippen LogP contribution is 2.16. The summed E-state index contributed by atoms with van der Waals surface area (Å²) < 4.78 is 5.30. The Hall–Kier alpha value is -3.35. The third kappa shape index (κ3) is 3.66. The van der Waals surface area contributed by atoms with Crippen molar-refractivity contribution in [3.8, 4) is 11.4 Å². The second kappa shape index (κ2) is 6.87. The van der Waals surface area contributed by atoms with Crippen LogP contribution in [-0.2, 0) is 13.0 Å². The van der Waals surface area contributed by atoms with Gasteiger partial charge in [-0.3, -0.25) is 0 Å². The molecule has 26 heavy (non-hydrogen) atoms. The SMILES string of the molecule is Cc1ccc(Cc2nnn(Cc3nc(-c4ccc(C)cc4)no3)n2)cc1. The van der Waals surface area contributed by atoms with Gasteiger partial charge in [-0.2, -0.15) is 9.78 Å². The van der Waals surface area contributed by atoms with Crippen molar-refractivity contribution in [2.75, 3.05) is 0 Å². The second-order valence-corrected chi connectivity index (χ2v) is 6.28. The van der Waals surface area contributed by atoms with E-state index < -0.39 is 0 Å². The highest BCUT2D eigenvalue weighted by atomic mass is 16.5. The van der Waals surface area contributed by atoms with E-state index in [0.29, 0.717) is 30.5 Å². The molecule has 0 saturated heterocycles. The highest BCUT2D eigenvalue weighted by molar-refractivity contribution is 5.54. The molecule has 0 aliphatic heterocycles. The van der Waals surface area contributed by atoms with E-state index in [1.165, 1.54) is 15.9 Å². The molecule has 4 rings (SSSR count). The maximum absolute atomic E-state index is 5.30. The fourth-order valence-corrected chi connectivity index (χ4v) is 2.56. The van der Waals surface area contributed by atoms with Crippen LogP contribution in [-0.4, -0.2) is 30.3 Å². The predicted molar refractivity (Wildman–Crippen MR) is 95.4 cm³/mol. The number of hydrogen-bond acceptors (Lipinski definition) is 6. The van der Waals surface area contributed by atoms with Gasteiger partial charge in [0.2, 0.25) is 5.82 Å². The lowest BCUT2D eigenvalue weighted by atomic mass is 10.1. The molecule has 2 aromatic carbocycles. The molecule has 0 bridgehead atoms. The van der Waals surface area contributed by atoms with Crippen LogP contribution in [0, 0.1) is 13.8 Å². The van der Waals surface area contributed by atoms with Crippen molar-refractivity contribution in [1.82, 2.24) is 30.3 Å². The Morgan fingerprint density at radius 1 is 0.923 bits per heavy atom. The summed E-state index contributed by atoms with van der Waals surface area (Å²) in [5, 5.41) is 16.6. The van der Waals surface area contributed by atoms with Crippen molar-refractivity contribution in [3.63, 3.8) is 0 Å². The molecule has 2 heterocycles. The quantitative estimate of drug-likeness (QED) is 0.552. The number of nitrogens with zero attached hydrogens (tertiary/aromatic N) is 6. The topological polar surface area (TPSA) is 82.5 Å². The Kier molecular flexibility index (Phi) is 4.27. The molecule has 2 aromatic heterocycles. The molecule has 0 atom stereocenters. The maximum Gasteiger partial charge on any atom is 0.250 e. The van der Waals surface area contributed by atoms with Crippen LogP contribution in [0.15, 0.2) is 53.1 Å². The van der Waals surface area contributed by atoms with Crippen LogP contribution >= 0.6 is 0 Å². The summed E-state index contributed by atoms with van der Waals surface area (Å²) in [6.07, 6.45) is 0.638. The zero-order valence-electron chi connectivity index (χ0n) is 14.6. The van der Waals surface area contributed by atoms with Crippen LogP contribution in [0.4, 0.5) is 0 Å². The van der Waals surface area contributed by atoms with E-state index in [-0.39, 0.29) is 0 Å². The van der Waals surface area contributed by atoms with Crippen LogP contribution in [0.1, 0.15) is 28.4 Å². The first kappa shape index (κ1) is 16.1. The van der Waals surface area contributed by atoms with Gasteiger partial charge in [-0.1, -0.05) is 64.8 Å². The molecule has 7 nitrogen and oxygen atoms in total. The lowest BCUT2D eigenvalue weighted by Crippen LogP contribution is -2.04. The molecular formula is C19H18N6O. The average molecular weight is 346 g/mol. The molecule has 130 valence electrons. The normalized spacial score (nSPS) is 11.0. The molecular weight excluding hydrogens is 328 g/mol. The van der Waals surface area contributed by atoms with Crippen molar-refractivity contribution in [3.05, 3.63) is 76.9 Å². The zero-order chi connectivity index (χ0) is 17.9. The molecule has 0 aliphatic rings. The molecule has 0 amide bonds. The Morgan fingerprint density at radius 3 is 2.35 bits per heavy atom. The number of rotatable bonds is 5. The van der Waals surface area contributed by atoms with Gasteiger partial charge in [-0.15, -0.1) is 10.2 Å². The van der Waals surface area contributed by atoms with E-state index in [0.717, 1.165) is 11.1 Å². The third-order valence-corrected chi connectivity index (χ3v) is 4.03. The van der Waals surface area contributed by atoms with Crippen molar-refractivity contribution in [2.45, 2.75) is 26.8 Å². The van der Waals surface area contributed by atoms with Gasteiger partial charge >= 0.3 is 0 Å². The molecule has 0 spiro atoms. The predicted octanol–water partition coefficient (Wildman–Crippen LogP) is 2.98. The van der Waals surface area contributed by atoms with Crippen molar-refractivity contribution < 1.29 is 4.52 Å². The molecule has 0 radical (unpaired) electrons. The smallest absolute Gasteiger partial charge is 0.250 e. The van der Waals surface area contributed by atoms with Crippen molar-refractivity contribution in [2.24, 2.45) is 0 Å². The van der Waals surface area contributed by atoms with Crippen LogP contribution in [0.3, 0.4) is 0 Å². The summed E-state index contributed by atoms with van der Waals surface area (Å²) in [7, 11) is 0. The van der Waals surface area contributed by atoms with E-state index in [2.05, 4.69) is 56.7 Å². The fourth-order valence-electron chi connectivity index (χ4n) is 2.56. The number of aromatic nitrogens is 6. The van der Waals surface area contributed by atoms with E-state index >= 15 is 0 Å². The Bertz CT molecular complexity index is 1000. The minimum Gasteiger partial charge on any atom is -0.337 e. The van der Waals surface area contributed by atoms with Gasteiger partial charge in [-0.25, -0.2) is 0 Å². The minimum absolute atomic E-state index is 0.291. The van der Waals surface area contributed by atoms with Gasteiger partial charge < -0.3 is 4.52 Å². The first-order chi connectivity index (χ1) is 12.7. The molecule has 7 heteroatoms. The van der Waals surface area contributed by atoms with Gasteiger partial charge in [0.05, 0.1) is 0 Å². The first-order valence-corrected chi connectivity index (χ1v) is 8.37. The standard InChI is InChI=1S/C19H18N6O/c1-13-3-7-15(8-4-13)11-17-21-24-25(22-17)12-18-20-19(23-26-18)16-9-5-14(2)6-10-16/h3-10H,11-12H2,1-2H3. The molecule has 0 fully saturated rings. The van der Waals surface area contributed by atoms with Crippen LogP contribution < -0.4 is 0 Å². The van der Waals surface area contributed by atoms with E-state index in [9.17, 15) is 0 Å². The van der Waals surface area contributed by atoms with Crippen LogP contribution in [0.2, 0.25) is 0 Å². The van der Waals surface area contributed by atoms with Crippen molar-refractivity contribution in [1.29, 1.82) is 0 Å². The summed E-state index contributed by atoms with van der Waals surface area (Å²) in [4.78, 5) is 5.87. The summed E-state index contributed by atoms with van der Waals surface area (Å²) in [5.74, 6) is 1.66. The highest BCUT2D eigenvalue weighted by Gasteiger charge is 2.11. The fraction of sp³-hybridized carbons (Fsp3) is 0.211.